The molecule has 4 rings (SSSR count). The lowest BCUT2D eigenvalue weighted by atomic mass is 9.84. The van der Waals surface area contributed by atoms with Crippen LogP contribution in [0.15, 0.2) is 28.7 Å². The predicted molar refractivity (Wildman–Crippen MR) is 116 cm³/mol. The largest absolute Gasteiger partial charge is 0.466 e. The molecular formula is C25H30F2N2O3. The number of rotatable bonds is 6. The molecule has 2 fully saturated rings. The molecule has 172 valence electrons. The summed E-state index contributed by atoms with van der Waals surface area (Å²) in [5.41, 5.74) is 1.00. The molecule has 1 aliphatic carbocycles. The summed E-state index contributed by atoms with van der Waals surface area (Å²) in [5, 5.41) is 0. The molecule has 1 saturated carbocycles. The summed E-state index contributed by atoms with van der Waals surface area (Å²) < 4.78 is 33.3. The van der Waals surface area contributed by atoms with E-state index in [9.17, 15) is 18.4 Å². The molecule has 7 heteroatoms. The third kappa shape index (κ3) is 4.71. The van der Waals surface area contributed by atoms with E-state index in [1.54, 1.807) is 24.9 Å². The van der Waals surface area contributed by atoms with Crippen molar-refractivity contribution < 1.29 is 22.8 Å². The fourth-order valence-corrected chi connectivity index (χ4v) is 4.81. The Balaban J connectivity index is 1.48. The third-order valence-corrected chi connectivity index (χ3v) is 6.86. The smallest absolute Gasteiger partial charge is 0.257 e. The highest BCUT2D eigenvalue weighted by molar-refractivity contribution is 5.95. The second kappa shape index (κ2) is 9.04. The summed E-state index contributed by atoms with van der Waals surface area (Å²) in [7, 11) is 1.79. The molecule has 0 radical (unpaired) electrons. The van der Waals surface area contributed by atoms with Gasteiger partial charge in [-0.2, -0.15) is 0 Å². The molecule has 0 spiro atoms. The highest BCUT2D eigenvalue weighted by Crippen LogP contribution is 2.34. The zero-order valence-electron chi connectivity index (χ0n) is 18.9. The fourth-order valence-electron chi connectivity index (χ4n) is 4.81. The molecule has 1 aromatic heterocycles. The van der Waals surface area contributed by atoms with E-state index in [0.29, 0.717) is 42.2 Å². The van der Waals surface area contributed by atoms with Crippen molar-refractivity contribution in [2.75, 3.05) is 20.1 Å². The Hall–Kier alpha value is -2.70. The van der Waals surface area contributed by atoms with Gasteiger partial charge in [0.05, 0.1) is 5.56 Å². The summed E-state index contributed by atoms with van der Waals surface area (Å²) in [5.74, 6) is 0.388. The van der Waals surface area contributed by atoms with Crippen LogP contribution in [0.5, 0.6) is 0 Å². The maximum absolute atomic E-state index is 14.4. The lowest BCUT2D eigenvalue weighted by molar-refractivity contribution is -0.134. The van der Waals surface area contributed by atoms with E-state index in [0.717, 1.165) is 31.7 Å². The van der Waals surface area contributed by atoms with Crippen LogP contribution in [-0.4, -0.2) is 47.8 Å². The van der Waals surface area contributed by atoms with Crippen LogP contribution in [0.3, 0.4) is 0 Å². The number of aryl methyl sites for hydroxylation is 2. The molecule has 1 aliphatic heterocycles. The summed E-state index contributed by atoms with van der Waals surface area (Å²) in [6, 6.07) is 5.19. The van der Waals surface area contributed by atoms with E-state index in [1.807, 2.05) is 11.8 Å². The lowest BCUT2D eigenvalue weighted by Crippen LogP contribution is -2.49. The Labute approximate surface area is 187 Å². The van der Waals surface area contributed by atoms with E-state index >= 15 is 0 Å². The van der Waals surface area contributed by atoms with Crippen LogP contribution in [-0.2, 0) is 11.2 Å². The Morgan fingerprint density at radius 1 is 1.12 bits per heavy atom. The summed E-state index contributed by atoms with van der Waals surface area (Å²) >= 11 is 0. The minimum Gasteiger partial charge on any atom is -0.466 e. The van der Waals surface area contributed by atoms with Crippen LogP contribution in [0, 0.1) is 37.3 Å². The van der Waals surface area contributed by atoms with Gasteiger partial charge in [-0.1, -0.05) is 6.07 Å². The number of piperidine rings is 1. The summed E-state index contributed by atoms with van der Waals surface area (Å²) in [6.45, 7) is 4.75. The number of furan rings is 1. The zero-order chi connectivity index (χ0) is 23.0. The number of halogens is 2. The molecular weight excluding hydrogens is 414 g/mol. The number of likely N-dealkylation sites (N-methyl/N-ethyl adjacent to an activating group) is 1. The van der Waals surface area contributed by atoms with E-state index in [-0.39, 0.29) is 29.7 Å². The van der Waals surface area contributed by atoms with Crippen LogP contribution in [0.25, 0.3) is 0 Å². The molecule has 2 amide bonds. The summed E-state index contributed by atoms with van der Waals surface area (Å²) in [6.07, 6.45) is 3.57. The molecule has 0 N–H and O–H groups in total. The average molecular weight is 445 g/mol. The van der Waals surface area contributed by atoms with Gasteiger partial charge in [0.1, 0.15) is 23.2 Å². The third-order valence-electron chi connectivity index (χ3n) is 6.86. The molecule has 1 aromatic carbocycles. The molecule has 1 unspecified atom stereocenters. The van der Waals surface area contributed by atoms with Gasteiger partial charge in [-0.25, -0.2) is 8.78 Å². The van der Waals surface area contributed by atoms with Crippen LogP contribution < -0.4 is 0 Å². The van der Waals surface area contributed by atoms with Crippen molar-refractivity contribution in [3.05, 3.63) is 58.5 Å². The second-order valence-electron chi connectivity index (χ2n) is 9.19. The fraction of sp³-hybridized carbons (Fsp3) is 0.520. The Morgan fingerprint density at radius 3 is 2.38 bits per heavy atom. The molecule has 2 aromatic rings. The Bertz CT molecular complexity index is 1010. The van der Waals surface area contributed by atoms with Crippen molar-refractivity contribution in [1.82, 2.24) is 9.80 Å². The second-order valence-corrected chi connectivity index (χ2v) is 9.19. The van der Waals surface area contributed by atoms with Crippen molar-refractivity contribution in [3.63, 3.8) is 0 Å². The molecule has 5 nitrogen and oxygen atoms in total. The highest BCUT2D eigenvalue weighted by atomic mass is 19.1. The number of hydrogen-bond donors (Lipinski definition) is 0. The lowest BCUT2D eigenvalue weighted by Gasteiger charge is -2.40. The minimum absolute atomic E-state index is 0.0404. The van der Waals surface area contributed by atoms with Crippen molar-refractivity contribution in [2.45, 2.75) is 52.0 Å². The predicted octanol–water partition coefficient (Wildman–Crippen LogP) is 4.51. The normalized spacial score (nSPS) is 18.0. The van der Waals surface area contributed by atoms with Gasteiger partial charge in [-0.15, -0.1) is 0 Å². The van der Waals surface area contributed by atoms with Crippen molar-refractivity contribution in [2.24, 2.45) is 11.8 Å². The first-order valence-corrected chi connectivity index (χ1v) is 11.3. The number of amides is 2. The highest BCUT2D eigenvalue weighted by Gasteiger charge is 2.38. The van der Waals surface area contributed by atoms with E-state index in [2.05, 4.69) is 0 Å². The molecule has 2 heterocycles. The van der Waals surface area contributed by atoms with E-state index < -0.39 is 11.6 Å². The van der Waals surface area contributed by atoms with Gasteiger partial charge >= 0.3 is 0 Å². The van der Waals surface area contributed by atoms with Crippen LogP contribution in [0.1, 0.15) is 53.1 Å². The van der Waals surface area contributed by atoms with Gasteiger partial charge in [-0.3, -0.25) is 9.59 Å². The monoisotopic (exact) mass is 444 g/mol. The number of carbonyl (C=O) groups is 2. The quantitative estimate of drug-likeness (QED) is 0.659. The number of benzene rings is 1. The molecule has 0 bridgehead atoms. The van der Waals surface area contributed by atoms with Crippen molar-refractivity contribution in [3.8, 4) is 0 Å². The first-order chi connectivity index (χ1) is 15.2. The number of carbonyl (C=O) groups excluding carboxylic acids is 2. The van der Waals surface area contributed by atoms with Crippen molar-refractivity contribution in [1.29, 1.82) is 0 Å². The first kappa shape index (κ1) is 22.5. The molecule has 32 heavy (non-hydrogen) atoms. The average Bonchev–Trinajstić information content (AvgIpc) is 3.56. The van der Waals surface area contributed by atoms with Gasteiger partial charge in [0.15, 0.2) is 0 Å². The Kier molecular flexibility index (Phi) is 6.35. The van der Waals surface area contributed by atoms with Gasteiger partial charge in [0.2, 0.25) is 5.91 Å². The molecule has 1 atom stereocenters. The van der Waals surface area contributed by atoms with Crippen LogP contribution in [0.2, 0.25) is 0 Å². The van der Waals surface area contributed by atoms with E-state index in [4.69, 9.17) is 4.42 Å². The maximum Gasteiger partial charge on any atom is 0.257 e. The van der Waals surface area contributed by atoms with Gasteiger partial charge in [-0.05, 0) is 69.6 Å². The summed E-state index contributed by atoms with van der Waals surface area (Å²) in [4.78, 5) is 29.3. The maximum atomic E-state index is 14.4. The minimum atomic E-state index is -0.609. The standard InChI is InChI=1S/C25H30F2N2O3/c1-15-12-21(16(2)32-15)25(31)29-10-8-17(9-11-29)23(28(3)24(30)18-4-5-18)13-19-6-7-20(26)14-22(19)27/h6-7,12,14,17-18,23H,4-5,8-11,13H2,1-3H3. The topological polar surface area (TPSA) is 53.8 Å². The van der Waals surface area contributed by atoms with Crippen molar-refractivity contribution >= 4 is 11.8 Å². The van der Waals surface area contributed by atoms with Crippen LogP contribution >= 0.6 is 0 Å². The number of hydrogen-bond acceptors (Lipinski definition) is 3. The van der Waals surface area contributed by atoms with Gasteiger partial charge < -0.3 is 14.2 Å². The molecule has 1 saturated heterocycles. The zero-order valence-corrected chi connectivity index (χ0v) is 18.9. The Morgan fingerprint density at radius 2 is 1.81 bits per heavy atom. The van der Waals surface area contributed by atoms with Gasteiger partial charge in [0.25, 0.3) is 5.91 Å². The first-order valence-electron chi connectivity index (χ1n) is 11.3. The number of likely N-dealkylation sites (tertiary alicyclic amines) is 1. The van der Waals surface area contributed by atoms with Gasteiger partial charge in [0, 0.05) is 38.2 Å². The molecule has 2 aliphatic rings. The SMILES string of the molecule is Cc1cc(C(=O)N2CCC(C(Cc3ccc(F)cc3F)N(C)C(=O)C3CC3)CC2)c(C)o1. The van der Waals surface area contributed by atoms with Crippen LogP contribution in [0.4, 0.5) is 8.78 Å². The number of nitrogens with zero attached hydrogens (tertiary/aromatic N) is 2. The van der Waals surface area contributed by atoms with E-state index in [1.165, 1.54) is 12.1 Å².